The van der Waals surface area contributed by atoms with Crippen LogP contribution >= 0.6 is 0 Å². The van der Waals surface area contributed by atoms with Crippen molar-refractivity contribution in [1.29, 1.82) is 5.26 Å². The Morgan fingerprint density at radius 2 is 1.52 bits per heavy atom. The van der Waals surface area contributed by atoms with Crippen LogP contribution in [0.3, 0.4) is 0 Å². The normalized spacial score (nSPS) is 20.6. The molecule has 0 atom stereocenters. The standard InChI is InChI=1S/C22H24BNO5/c1-21(2)22(3,4)29-23(28-21)19-10-9-17(13-18(19)20-25-11-12-26-20)27-16-7-5-15(14-24)6-8-16/h5-10,13,20H,11-12H2,1-4H3. The Kier molecular flexibility index (Phi) is 5.13. The first-order valence-electron chi connectivity index (χ1n) is 9.70. The number of nitrogens with zero attached hydrogens (tertiary/aromatic N) is 1. The molecule has 2 aliphatic heterocycles. The molecule has 0 spiro atoms. The maximum atomic E-state index is 8.94. The molecule has 0 aromatic heterocycles. The van der Waals surface area contributed by atoms with Gasteiger partial charge in [-0.1, -0.05) is 6.07 Å². The zero-order valence-electron chi connectivity index (χ0n) is 17.1. The van der Waals surface area contributed by atoms with Gasteiger partial charge in [0.2, 0.25) is 0 Å². The van der Waals surface area contributed by atoms with E-state index in [2.05, 4.69) is 6.07 Å². The second-order valence-corrected chi connectivity index (χ2v) is 8.19. The van der Waals surface area contributed by atoms with Crippen molar-refractivity contribution in [2.75, 3.05) is 13.2 Å². The molecule has 0 N–H and O–H groups in total. The van der Waals surface area contributed by atoms with E-state index in [-0.39, 0.29) is 0 Å². The van der Waals surface area contributed by atoms with Crippen LogP contribution in [0.15, 0.2) is 42.5 Å². The number of hydrogen-bond acceptors (Lipinski definition) is 6. The molecule has 2 fully saturated rings. The van der Waals surface area contributed by atoms with Crippen LogP contribution in [-0.4, -0.2) is 31.5 Å². The second kappa shape index (κ2) is 7.47. The average molecular weight is 393 g/mol. The van der Waals surface area contributed by atoms with E-state index < -0.39 is 24.6 Å². The van der Waals surface area contributed by atoms with Crippen molar-refractivity contribution in [2.45, 2.75) is 45.2 Å². The third-order valence-corrected chi connectivity index (χ3v) is 5.66. The molecule has 7 heteroatoms. The molecule has 2 saturated heterocycles. The molecular formula is C22H24BNO5. The zero-order valence-corrected chi connectivity index (χ0v) is 17.1. The first-order chi connectivity index (χ1) is 13.8. The molecule has 4 rings (SSSR count). The Labute approximate surface area is 171 Å². The maximum Gasteiger partial charge on any atom is 0.495 e. The van der Waals surface area contributed by atoms with Crippen molar-refractivity contribution in [1.82, 2.24) is 0 Å². The summed E-state index contributed by atoms with van der Waals surface area (Å²) in [6, 6.07) is 14.8. The second-order valence-electron chi connectivity index (χ2n) is 8.19. The molecule has 0 radical (unpaired) electrons. The smallest absolute Gasteiger partial charge is 0.457 e. The van der Waals surface area contributed by atoms with Gasteiger partial charge >= 0.3 is 7.12 Å². The number of hydrogen-bond donors (Lipinski definition) is 0. The zero-order chi connectivity index (χ0) is 20.6. The fraction of sp³-hybridized carbons (Fsp3) is 0.409. The molecular weight excluding hydrogens is 369 g/mol. The summed E-state index contributed by atoms with van der Waals surface area (Å²) in [5.41, 5.74) is 1.39. The highest BCUT2D eigenvalue weighted by Crippen LogP contribution is 2.38. The molecule has 150 valence electrons. The lowest BCUT2D eigenvalue weighted by Crippen LogP contribution is -2.41. The van der Waals surface area contributed by atoms with Crippen LogP contribution in [0.5, 0.6) is 11.5 Å². The molecule has 2 heterocycles. The van der Waals surface area contributed by atoms with Gasteiger partial charge in [0.05, 0.1) is 36.0 Å². The van der Waals surface area contributed by atoms with Crippen LogP contribution in [0.25, 0.3) is 0 Å². The molecule has 2 aromatic carbocycles. The van der Waals surface area contributed by atoms with E-state index in [0.717, 1.165) is 11.0 Å². The van der Waals surface area contributed by atoms with Gasteiger partial charge in [0.25, 0.3) is 0 Å². The highest BCUT2D eigenvalue weighted by molar-refractivity contribution is 6.62. The monoisotopic (exact) mass is 393 g/mol. The minimum Gasteiger partial charge on any atom is -0.457 e. The summed E-state index contributed by atoms with van der Waals surface area (Å²) in [6.07, 6.45) is -0.492. The molecule has 29 heavy (non-hydrogen) atoms. The van der Waals surface area contributed by atoms with Crippen LogP contribution in [0, 0.1) is 11.3 Å². The lowest BCUT2D eigenvalue weighted by Gasteiger charge is -2.32. The van der Waals surface area contributed by atoms with Gasteiger partial charge in [-0.2, -0.15) is 5.26 Å². The molecule has 0 bridgehead atoms. The maximum absolute atomic E-state index is 8.94. The van der Waals surface area contributed by atoms with Crippen molar-refractivity contribution in [3.8, 4) is 17.6 Å². The Hall–Kier alpha value is -2.37. The molecule has 0 saturated carbocycles. The van der Waals surface area contributed by atoms with Gasteiger partial charge in [-0.05, 0) is 69.6 Å². The van der Waals surface area contributed by atoms with Gasteiger partial charge in [0.15, 0.2) is 6.29 Å². The van der Waals surface area contributed by atoms with Crippen LogP contribution in [0.1, 0.15) is 45.1 Å². The minimum absolute atomic E-state index is 0.440. The first-order valence-corrected chi connectivity index (χ1v) is 9.70. The summed E-state index contributed by atoms with van der Waals surface area (Å²) >= 11 is 0. The Morgan fingerprint density at radius 1 is 0.931 bits per heavy atom. The molecule has 0 unspecified atom stereocenters. The predicted octanol–water partition coefficient (Wildman–Crippen LogP) is 3.70. The highest BCUT2D eigenvalue weighted by Gasteiger charge is 2.52. The number of benzene rings is 2. The number of nitriles is 1. The molecule has 2 aromatic rings. The van der Waals surface area contributed by atoms with E-state index >= 15 is 0 Å². The Bertz CT molecular complexity index is 913. The van der Waals surface area contributed by atoms with Crippen LogP contribution < -0.4 is 10.2 Å². The summed E-state index contributed by atoms with van der Waals surface area (Å²) in [4.78, 5) is 0. The van der Waals surface area contributed by atoms with Crippen molar-refractivity contribution in [3.63, 3.8) is 0 Å². The van der Waals surface area contributed by atoms with E-state index in [9.17, 15) is 0 Å². The molecule has 0 amide bonds. The van der Waals surface area contributed by atoms with Crippen molar-refractivity contribution < 1.29 is 23.5 Å². The summed E-state index contributed by atoms with van der Waals surface area (Å²) < 4.78 is 29.9. The van der Waals surface area contributed by atoms with Crippen LogP contribution in [0.4, 0.5) is 0 Å². The van der Waals surface area contributed by atoms with Crippen LogP contribution in [0.2, 0.25) is 0 Å². The fourth-order valence-electron chi connectivity index (χ4n) is 3.28. The van der Waals surface area contributed by atoms with E-state index in [1.165, 1.54) is 0 Å². The van der Waals surface area contributed by atoms with Crippen LogP contribution in [-0.2, 0) is 18.8 Å². The van der Waals surface area contributed by atoms with E-state index in [4.69, 9.17) is 28.8 Å². The predicted molar refractivity (Wildman–Crippen MR) is 108 cm³/mol. The van der Waals surface area contributed by atoms with E-state index in [1.54, 1.807) is 24.3 Å². The minimum atomic E-state index is -0.522. The highest BCUT2D eigenvalue weighted by atomic mass is 16.7. The Balaban J connectivity index is 1.65. The van der Waals surface area contributed by atoms with Gasteiger partial charge in [0.1, 0.15) is 11.5 Å². The van der Waals surface area contributed by atoms with Gasteiger partial charge in [0, 0.05) is 5.56 Å². The quantitative estimate of drug-likeness (QED) is 0.738. The topological polar surface area (TPSA) is 69.9 Å². The summed E-state index contributed by atoms with van der Waals surface area (Å²) in [5.74, 6) is 1.29. The molecule has 0 aliphatic carbocycles. The van der Waals surface area contributed by atoms with Gasteiger partial charge < -0.3 is 23.5 Å². The summed E-state index contributed by atoms with van der Waals surface area (Å²) in [6.45, 7) is 9.17. The molecule has 2 aliphatic rings. The third-order valence-electron chi connectivity index (χ3n) is 5.66. The third kappa shape index (κ3) is 3.89. The van der Waals surface area contributed by atoms with Crippen molar-refractivity contribution >= 4 is 12.6 Å². The first kappa shape index (κ1) is 19.9. The average Bonchev–Trinajstić information content (AvgIpc) is 3.29. The number of rotatable bonds is 4. The SMILES string of the molecule is CC1(C)OB(c2ccc(Oc3ccc(C#N)cc3)cc2C2OCCO2)OC1(C)C. The largest absolute Gasteiger partial charge is 0.495 e. The van der Waals surface area contributed by atoms with Gasteiger partial charge in [-0.3, -0.25) is 0 Å². The summed E-state index contributed by atoms with van der Waals surface area (Å²) in [7, 11) is -0.522. The van der Waals surface area contributed by atoms with Crippen molar-refractivity contribution in [2.24, 2.45) is 0 Å². The van der Waals surface area contributed by atoms with Gasteiger partial charge in [-0.25, -0.2) is 0 Å². The fourth-order valence-corrected chi connectivity index (χ4v) is 3.28. The van der Waals surface area contributed by atoms with E-state index in [0.29, 0.717) is 30.3 Å². The number of ether oxygens (including phenoxy) is 3. The van der Waals surface area contributed by atoms with Gasteiger partial charge in [-0.15, -0.1) is 0 Å². The lowest BCUT2D eigenvalue weighted by molar-refractivity contribution is -0.0436. The Morgan fingerprint density at radius 3 is 2.10 bits per heavy atom. The van der Waals surface area contributed by atoms with Crippen molar-refractivity contribution in [3.05, 3.63) is 53.6 Å². The molecule has 6 nitrogen and oxygen atoms in total. The lowest BCUT2D eigenvalue weighted by atomic mass is 9.75. The van der Waals surface area contributed by atoms with E-state index in [1.807, 2.05) is 45.9 Å². The summed E-state index contributed by atoms with van der Waals surface area (Å²) in [5, 5.41) is 8.94.